The van der Waals surface area contributed by atoms with Crippen LogP contribution in [-0.4, -0.2) is 39.5 Å². The predicted molar refractivity (Wildman–Crippen MR) is 103 cm³/mol. The molecule has 0 aliphatic carbocycles. The fourth-order valence-corrected chi connectivity index (χ4v) is 4.27. The van der Waals surface area contributed by atoms with Crippen LogP contribution in [-0.2, 0) is 30.8 Å². The fraction of sp³-hybridized carbons (Fsp3) is 0.333. The monoisotopic (exact) mass is 410 g/mol. The van der Waals surface area contributed by atoms with E-state index < -0.39 is 28.0 Å². The lowest BCUT2D eigenvalue weighted by Crippen LogP contribution is -2.37. The third kappa shape index (κ3) is 7.12. The number of rotatable bonds is 10. The Kier molecular flexibility index (Phi) is 7.96. The minimum absolute atomic E-state index is 0.0958. The molecule has 9 heteroatoms. The largest absolute Gasteiger partial charge is 0.453 e. The molecule has 0 radical (unpaired) electrons. The summed E-state index contributed by atoms with van der Waals surface area (Å²) in [4.78, 5) is 23.7. The highest BCUT2D eigenvalue weighted by atomic mass is 32.2. The van der Waals surface area contributed by atoms with Crippen molar-refractivity contribution in [1.29, 1.82) is 0 Å². The molecule has 1 heterocycles. The zero-order chi connectivity index (χ0) is 19.7. The van der Waals surface area contributed by atoms with Gasteiger partial charge in [-0.05, 0) is 30.4 Å². The second kappa shape index (κ2) is 10.2. The lowest BCUT2D eigenvalue weighted by Gasteiger charge is -2.13. The quantitative estimate of drug-likeness (QED) is 0.581. The number of hydrogen-bond acceptors (Lipinski definition) is 6. The van der Waals surface area contributed by atoms with Gasteiger partial charge in [0.05, 0.1) is 6.42 Å². The van der Waals surface area contributed by atoms with Crippen molar-refractivity contribution in [3.05, 3.63) is 53.4 Å². The topological polar surface area (TPSA) is 102 Å². The van der Waals surface area contributed by atoms with Crippen molar-refractivity contribution in [1.82, 2.24) is 10.0 Å². The van der Waals surface area contributed by atoms with Gasteiger partial charge in [0.2, 0.25) is 10.0 Å². The van der Waals surface area contributed by atoms with E-state index in [1.54, 1.807) is 11.4 Å². The Morgan fingerprint density at radius 3 is 2.52 bits per heavy atom. The molecular weight excluding hydrogens is 388 g/mol. The van der Waals surface area contributed by atoms with Gasteiger partial charge in [-0.1, -0.05) is 36.4 Å². The van der Waals surface area contributed by atoms with E-state index in [-0.39, 0.29) is 17.2 Å². The Hall–Kier alpha value is -2.23. The summed E-state index contributed by atoms with van der Waals surface area (Å²) in [7, 11) is -3.61. The second-order valence-corrected chi connectivity index (χ2v) is 8.68. The summed E-state index contributed by atoms with van der Waals surface area (Å²) in [6, 6.07) is 12.8. The SMILES string of the molecule is CC(OC(=O)CCNS(=O)(=O)c1cccs1)C(=O)NCCc1ccccc1. The van der Waals surface area contributed by atoms with Gasteiger partial charge in [0.1, 0.15) is 4.21 Å². The highest BCUT2D eigenvalue weighted by Crippen LogP contribution is 2.15. The maximum atomic E-state index is 12.0. The Morgan fingerprint density at radius 2 is 1.85 bits per heavy atom. The second-order valence-electron chi connectivity index (χ2n) is 5.74. The van der Waals surface area contributed by atoms with E-state index in [9.17, 15) is 18.0 Å². The van der Waals surface area contributed by atoms with Crippen molar-refractivity contribution in [2.75, 3.05) is 13.1 Å². The number of carbonyl (C=O) groups is 2. The van der Waals surface area contributed by atoms with Crippen molar-refractivity contribution in [3.63, 3.8) is 0 Å². The number of nitrogens with one attached hydrogen (secondary N) is 2. The maximum absolute atomic E-state index is 12.0. The number of benzene rings is 1. The fourth-order valence-electron chi connectivity index (χ4n) is 2.20. The molecule has 0 saturated heterocycles. The first-order valence-corrected chi connectivity index (χ1v) is 10.8. The first kappa shape index (κ1) is 21.1. The van der Waals surface area contributed by atoms with Crippen LogP contribution in [0, 0.1) is 0 Å². The average molecular weight is 411 g/mol. The van der Waals surface area contributed by atoms with Gasteiger partial charge in [-0.2, -0.15) is 0 Å². The molecular formula is C18H22N2O5S2. The number of hydrogen-bond donors (Lipinski definition) is 2. The number of esters is 1. The van der Waals surface area contributed by atoms with Gasteiger partial charge in [0, 0.05) is 13.1 Å². The van der Waals surface area contributed by atoms with Crippen molar-refractivity contribution in [2.24, 2.45) is 0 Å². The number of carbonyl (C=O) groups excluding carboxylic acids is 2. The zero-order valence-corrected chi connectivity index (χ0v) is 16.5. The molecule has 2 N–H and O–H groups in total. The van der Waals surface area contributed by atoms with Crippen LogP contribution in [0.4, 0.5) is 0 Å². The first-order chi connectivity index (χ1) is 12.9. The van der Waals surface area contributed by atoms with Gasteiger partial charge < -0.3 is 10.1 Å². The number of ether oxygens (including phenoxy) is 1. The molecule has 0 aliphatic heterocycles. The Balaban J connectivity index is 1.66. The lowest BCUT2D eigenvalue weighted by molar-refractivity contribution is -0.154. The maximum Gasteiger partial charge on any atom is 0.307 e. The van der Waals surface area contributed by atoms with E-state index in [0.717, 1.165) is 16.9 Å². The van der Waals surface area contributed by atoms with Crippen molar-refractivity contribution < 1.29 is 22.7 Å². The molecule has 2 aromatic rings. The molecule has 0 saturated carbocycles. The van der Waals surface area contributed by atoms with Crippen LogP contribution in [0.1, 0.15) is 18.9 Å². The van der Waals surface area contributed by atoms with Crippen LogP contribution < -0.4 is 10.0 Å². The van der Waals surface area contributed by atoms with E-state index in [2.05, 4.69) is 10.0 Å². The molecule has 2 rings (SSSR count). The third-order valence-corrected chi connectivity index (χ3v) is 6.47. The average Bonchev–Trinajstić information content (AvgIpc) is 3.18. The van der Waals surface area contributed by atoms with E-state index in [0.29, 0.717) is 13.0 Å². The lowest BCUT2D eigenvalue weighted by atomic mass is 10.1. The van der Waals surface area contributed by atoms with Crippen LogP contribution in [0.25, 0.3) is 0 Å². The van der Waals surface area contributed by atoms with Crippen LogP contribution in [0.15, 0.2) is 52.1 Å². The summed E-state index contributed by atoms with van der Waals surface area (Å²) >= 11 is 1.09. The number of thiophene rings is 1. The van der Waals surface area contributed by atoms with Gasteiger partial charge >= 0.3 is 5.97 Å². The molecule has 1 amide bonds. The van der Waals surface area contributed by atoms with Gasteiger partial charge in [-0.15, -0.1) is 11.3 Å². The van der Waals surface area contributed by atoms with E-state index in [1.165, 1.54) is 13.0 Å². The zero-order valence-electron chi connectivity index (χ0n) is 14.9. The minimum atomic E-state index is -3.61. The van der Waals surface area contributed by atoms with Gasteiger partial charge in [-0.3, -0.25) is 9.59 Å². The van der Waals surface area contributed by atoms with Crippen LogP contribution in [0.5, 0.6) is 0 Å². The summed E-state index contributed by atoms with van der Waals surface area (Å²) in [5.74, 6) is -1.03. The predicted octanol–water partition coefficient (Wildman–Crippen LogP) is 1.71. The first-order valence-electron chi connectivity index (χ1n) is 8.43. The standard InChI is InChI=1S/C18H22N2O5S2/c1-14(18(22)19-11-9-15-6-3-2-4-7-15)25-16(21)10-12-20-27(23,24)17-8-5-13-26-17/h2-8,13-14,20H,9-12H2,1H3,(H,19,22). The van der Waals surface area contributed by atoms with Gasteiger partial charge in [-0.25, -0.2) is 13.1 Å². The summed E-state index contributed by atoms with van der Waals surface area (Å²) in [5, 5.41) is 4.36. The summed E-state index contributed by atoms with van der Waals surface area (Å²) in [6.45, 7) is 1.82. The van der Waals surface area contributed by atoms with E-state index >= 15 is 0 Å². The molecule has 0 bridgehead atoms. The highest BCUT2D eigenvalue weighted by molar-refractivity contribution is 7.91. The summed E-state index contributed by atoms with van der Waals surface area (Å²) in [5.41, 5.74) is 1.10. The van der Waals surface area contributed by atoms with Crippen LogP contribution in [0.3, 0.4) is 0 Å². The van der Waals surface area contributed by atoms with E-state index in [4.69, 9.17) is 4.74 Å². The molecule has 1 atom stereocenters. The van der Waals surface area contributed by atoms with Crippen LogP contribution in [0.2, 0.25) is 0 Å². The highest BCUT2D eigenvalue weighted by Gasteiger charge is 2.19. The van der Waals surface area contributed by atoms with Gasteiger partial charge in [0.25, 0.3) is 5.91 Å². The summed E-state index contributed by atoms with van der Waals surface area (Å²) in [6.07, 6.45) is -0.425. The molecule has 1 aromatic heterocycles. The normalized spacial score (nSPS) is 12.3. The molecule has 0 aliphatic rings. The molecule has 146 valence electrons. The molecule has 7 nitrogen and oxygen atoms in total. The molecule has 27 heavy (non-hydrogen) atoms. The molecule has 0 spiro atoms. The van der Waals surface area contributed by atoms with Crippen molar-refractivity contribution in [3.8, 4) is 0 Å². The summed E-state index contributed by atoms with van der Waals surface area (Å²) < 4.78 is 31.4. The molecule has 1 aromatic carbocycles. The Morgan fingerprint density at radius 1 is 1.11 bits per heavy atom. The Bertz CT molecular complexity index is 836. The number of amides is 1. The van der Waals surface area contributed by atoms with E-state index in [1.807, 2.05) is 30.3 Å². The van der Waals surface area contributed by atoms with Crippen molar-refractivity contribution >= 4 is 33.2 Å². The van der Waals surface area contributed by atoms with Crippen LogP contribution >= 0.6 is 11.3 Å². The smallest absolute Gasteiger partial charge is 0.307 e. The molecule has 1 unspecified atom stereocenters. The third-order valence-electron chi connectivity index (χ3n) is 3.61. The van der Waals surface area contributed by atoms with Crippen molar-refractivity contribution in [2.45, 2.75) is 30.1 Å². The number of sulfonamides is 1. The molecule has 0 fully saturated rings. The Labute approximate surface area is 162 Å². The minimum Gasteiger partial charge on any atom is -0.453 e. The van der Waals surface area contributed by atoms with Gasteiger partial charge in [0.15, 0.2) is 6.10 Å².